The number of hydrogen-bond donors (Lipinski definition) is 0. The first-order valence-electron chi connectivity index (χ1n) is 19.9. The van der Waals surface area contributed by atoms with Gasteiger partial charge in [0.2, 0.25) is 0 Å². The average molecular weight is 768 g/mol. The van der Waals surface area contributed by atoms with Crippen LogP contribution in [0.2, 0.25) is 0 Å². The summed E-state index contributed by atoms with van der Waals surface area (Å²) in [5.74, 6) is 0.473. The number of halogens is 2. The van der Waals surface area contributed by atoms with E-state index in [9.17, 15) is 4.39 Å². The quantitative estimate of drug-likeness (QED) is 0.168. The van der Waals surface area contributed by atoms with E-state index in [-0.39, 0.29) is 22.5 Å². The largest absolute Gasteiger partial charge is 0.497 e. The zero-order chi connectivity index (χ0) is 40.7. The molecule has 2 aliphatic rings. The number of benzene rings is 7. The van der Waals surface area contributed by atoms with Gasteiger partial charge in [0, 0.05) is 39.1 Å². The molecule has 0 aromatic heterocycles. The summed E-state index contributed by atoms with van der Waals surface area (Å²) in [5, 5.41) is 1.14. The van der Waals surface area contributed by atoms with E-state index >= 15 is 4.39 Å². The molecule has 1 heterocycles. The minimum atomic E-state index is -1.12. The summed E-state index contributed by atoms with van der Waals surface area (Å²) in [5.41, 5.74) is 11.3. The van der Waals surface area contributed by atoms with Crippen LogP contribution in [0.5, 0.6) is 11.5 Å². The van der Waals surface area contributed by atoms with E-state index in [1.165, 1.54) is 23.3 Å². The van der Waals surface area contributed by atoms with Crippen LogP contribution >= 0.6 is 0 Å². The van der Waals surface area contributed by atoms with Crippen LogP contribution in [-0.2, 0) is 16.4 Å². The average Bonchev–Trinajstić information content (AvgIpc) is 3.54. The molecule has 58 heavy (non-hydrogen) atoms. The highest BCUT2D eigenvalue weighted by atomic mass is 19.1. The van der Waals surface area contributed by atoms with Gasteiger partial charge in [0.15, 0.2) is 5.60 Å². The van der Waals surface area contributed by atoms with Gasteiger partial charge in [0.1, 0.15) is 23.1 Å². The Balaban J connectivity index is 1.20. The number of anilines is 3. The van der Waals surface area contributed by atoms with Crippen molar-refractivity contribution in [3.63, 3.8) is 0 Å². The van der Waals surface area contributed by atoms with E-state index in [0.29, 0.717) is 11.1 Å². The first-order chi connectivity index (χ1) is 27.7. The van der Waals surface area contributed by atoms with E-state index in [2.05, 4.69) is 125 Å². The van der Waals surface area contributed by atoms with Crippen molar-refractivity contribution >= 4 is 33.9 Å². The molecular formula is C53H47F2NO2. The molecule has 3 nitrogen and oxygen atoms in total. The zero-order valence-electron chi connectivity index (χ0n) is 34.3. The van der Waals surface area contributed by atoms with Crippen molar-refractivity contribution in [2.75, 3.05) is 12.0 Å². The van der Waals surface area contributed by atoms with Crippen molar-refractivity contribution < 1.29 is 18.3 Å². The second kappa shape index (κ2) is 13.4. The summed E-state index contributed by atoms with van der Waals surface area (Å²) >= 11 is 0. The topological polar surface area (TPSA) is 21.7 Å². The molecule has 7 aromatic rings. The van der Waals surface area contributed by atoms with Gasteiger partial charge in [-0.1, -0.05) is 108 Å². The normalized spacial score (nSPS) is 15.6. The summed E-state index contributed by atoms with van der Waals surface area (Å²) in [6, 6.07) is 42.1. The summed E-state index contributed by atoms with van der Waals surface area (Å²) < 4.78 is 44.0. The van der Waals surface area contributed by atoms with Crippen molar-refractivity contribution in [3.8, 4) is 33.8 Å². The number of ether oxygens (including phenoxy) is 2. The van der Waals surface area contributed by atoms with E-state index in [4.69, 9.17) is 9.47 Å². The third-order valence-corrected chi connectivity index (χ3v) is 12.0. The van der Waals surface area contributed by atoms with Crippen LogP contribution in [0, 0.1) is 18.6 Å². The third-order valence-electron chi connectivity index (χ3n) is 12.0. The van der Waals surface area contributed by atoms with Crippen LogP contribution in [0.15, 0.2) is 133 Å². The summed E-state index contributed by atoms with van der Waals surface area (Å²) in [6.07, 6.45) is 4.11. The lowest BCUT2D eigenvalue weighted by molar-refractivity contribution is 0.163. The molecule has 0 fully saturated rings. The molecular weight excluding hydrogens is 721 g/mol. The molecule has 290 valence electrons. The van der Waals surface area contributed by atoms with Crippen molar-refractivity contribution in [1.82, 2.24) is 0 Å². The fourth-order valence-electron chi connectivity index (χ4n) is 8.75. The minimum Gasteiger partial charge on any atom is -0.497 e. The van der Waals surface area contributed by atoms with Crippen molar-refractivity contribution in [3.05, 3.63) is 178 Å². The summed E-state index contributed by atoms with van der Waals surface area (Å²) in [6.45, 7) is 15.4. The molecule has 0 N–H and O–H groups in total. The molecule has 5 heteroatoms. The van der Waals surface area contributed by atoms with E-state index in [0.717, 1.165) is 72.7 Å². The van der Waals surface area contributed by atoms with Crippen molar-refractivity contribution in [2.24, 2.45) is 0 Å². The predicted molar refractivity (Wildman–Crippen MR) is 235 cm³/mol. The van der Waals surface area contributed by atoms with Crippen LogP contribution in [0.1, 0.15) is 74.9 Å². The van der Waals surface area contributed by atoms with Crippen LogP contribution < -0.4 is 14.4 Å². The second-order valence-electron chi connectivity index (χ2n) is 17.7. The van der Waals surface area contributed by atoms with Crippen LogP contribution in [-0.4, -0.2) is 7.11 Å². The fourth-order valence-corrected chi connectivity index (χ4v) is 8.75. The number of rotatable bonds is 6. The minimum absolute atomic E-state index is 0.0246. The highest BCUT2D eigenvalue weighted by Crippen LogP contribution is 2.56. The molecule has 1 atom stereocenters. The van der Waals surface area contributed by atoms with Gasteiger partial charge in [0.05, 0.1) is 12.5 Å². The number of nitrogens with zero attached hydrogens (tertiary/aromatic N) is 1. The van der Waals surface area contributed by atoms with Gasteiger partial charge in [-0.25, -0.2) is 8.78 Å². The van der Waals surface area contributed by atoms with Gasteiger partial charge in [0.25, 0.3) is 0 Å². The van der Waals surface area contributed by atoms with Gasteiger partial charge in [-0.05, 0) is 130 Å². The molecule has 1 unspecified atom stereocenters. The van der Waals surface area contributed by atoms with Gasteiger partial charge in [-0.15, -0.1) is 0 Å². The highest BCUT2D eigenvalue weighted by molar-refractivity contribution is 6.19. The Bertz CT molecular complexity index is 2700. The summed E-state index contributed by atoms with van der Waals surface area (Å²) in [7, 11) is 1.65. The summed E-state index contributed by atoms with van der Waals surface area (Å²) in [4.78, 5) is 2.28. The van der Waals surface area contributed by atoms with Crippen LogP contribution in [0.3, 0.4) is 0 Å². The molecule has 1 aliphatic carbocycles. The smallest absolute Gasteiger partial charge is 0.178 e. The Hall–Kier alpha value is -6.20. The molecule has 0 bridgehead atoms. The molecule has 9 rings (SSSR count). The maximum atomic E-state index is 16.4. The van der Waals surface area contributed by atoms with Crippen molar-refractivity contribution in [2.45, 2.75) is 64.9 Å². The standard InChI is InChI=1S/C53H47F2NO2/c1-32-42-29-30-53(36-15-24-41(57-8)25-16-36,58-50(42)49-46(55)28-27-44-43-26-17-37(54)31-45(43)47(32)48(44)49)35-13-22-40(23-14-35)56(38-18-9-33(10-19-38)51(2,3)4)39-20-11-34(12-21-39)52(5,6)7/h9-31H,1-8H3. The van der Waals surface area contributed by atoms with E-state index < -0.39 is 5.60 Å². The lowest BCUT2D eigenvalue weighted by Gasteiger charge is -2.38. The van der Waals surface area contributed by atoms with Crippen LogP contribution in [0.4, 0.5) is 25.8 Å². The molecule has 0 saturated heterocycles. The molecule has 0 radical (unpaired) electrons. The SMILES string of the molecule is COc1ccc(C2(c3ccc(N(c4ccc(C(C)(C)C)cc4)c4ccc(C(C)(C)C)cc4)cc3)C=Cc3c(C)c4c5c(ccc(F)c5c3O2)-c2ccc(F)cc2-4)cc1. The maximum Gasteiger partial charge on any atom is 0.178 e. The van der Waals surface area contributed by atoms with E-state index in [1.54, 1.807) is 25.3 Å². The van der Waals surface area contributed by atoms with Gasteiger partial charge in [-0.3, -0.25) is 0 Å². The Morgan fingerprint density at radius 1 is 0.586 bits per heavy atom. The lowest BCUT2D eigenvalue weighted by atomic mass is 9.81. The Kier molecular flexibility index (Phi) is 8.67. The van der Waals surface area contributed by atoms with Gasteiger partial charge >= 0.3 is 0 Å². The number of hydrogen-bond acceptors (Lipinski definition) is 3. The first kappa shape index (κ1) is 37.4. The van der Waals surface area contributed by atoms with Gasteiger partial charge in [-0.2, -0.15) is 0 Å². The Morgan fingerprint density at radius 3 is 1.64 bits per heavy atom. The Labute approximate surface area is 340 Å². The van der Waals surface area contributed by atoms with Gasteiger partial charge < -0.3 is 14.4 Å². The molecule has 0 saturated carbocycles. The Morgan fingerprint density at radius 2 is 1.10 bits per heavy atom. The molecule has 1 aliphatic heterocycles. The predicted octanol–water partition coefficient (Wildman–Crippen LogP) is 14.5. The molecule has 7 aromatic carbocycles. The number of fused-ring (bicyclic) bond motifs is 5. The highest BCUT2D eigenvalue weighted by Gasteiger charge is 2.40. The van der Waals surface area contributed by atoms with Crippen molar-refractivity contribution in [1.29, 1.82) is 0 Å². The lowest BCUT2D eigenvalue weighted by Crippen LogP contribution is -2.34. The number of methoxy groups -OCH3 is 1. The first-order valence-corrected chi connectivity index (χ1v) is 19.9. The second-order valence-corrected chi connectivity index (χ2v) is 17.7. The molecule has 0 amide bonds. The monoisotopic (exact) mass is 767 g/mol. The van der Waals surface area contributed by atoms with Crippen LogP contribution in [0.25, 0.3) is 39.1 Å². The van der Waals surface area contributed by atoms with E-state index in [1.807, 2.05) is 37.3 Å². The third kappa shape index (κ3) is 5.98. The molecule has 0 spiro atoms. The maximum absolute atomic E-state index is 16.4. The fraction of sp³-hybridized carbons (Fsp3) is 0.208. The zero-order valence-corrected chi connectivity index (χ0v) is 34.3.